The normalized spacial score (nSPS) is 10.4. The van der Waals surface area contributed by atoms with Gasteiger partial charge in [-0.05, 0) is 39.2 Å². The fourth-order valence-corrected chi connectivity index (χ4v) is 1.48. The van der Waals surface area contributed by atoms with E-state index in [1.54, 1.807) is 12.1 Å². The minimum Gasteiger partial charge on any atom is -0.389 e. The molecule has 3 N–H and O–H groups in total. The Hall–Kier alpha value is -1.53. The number of nitrogens with zero attached hydrogens (tertiary/aromatic N) is 2. The minimum absolute atomic E-state index is 0.178. The smallest absolute Gasteiger partial charge is 0.269 e. The van der Waals surface area contributed by atoms with Crippen molar-refractivity contribution in [3.63, 3.8) is 0 Å². The maximum Gasteiger partial charge on any atom is 0.269 e. The number of thiocarbonyl (C=S) groups is 1. The molecule has 18 heavy (non-hydrogen) atoms. The molecule has 0 aliphatic rings. The lowest BCUT2D eigenvalue weighted by Crippen LogP contribution is -2.27. The van der Waals surface area contributed by atoms with E-state index in [-0.39, 0.29) is 10.9 Å². The number of carbonyl (C=O) groups is 1. The van der Waals surface area contributed by atoms with E-state index in [4.69, 9.17) is 18.0 Å². The van der Waals surface area contributed by atoms with Crippen LogP contribution in [-0.4, -0.2) is 48.0 Å². The van der Waals surface area contributed by atoms with E-state index >= 15 is 0 Å². The maximum atomic E-state index is 11.7. The summed E-state index contributed by atoms with van der Waals surface area (Å²) < 4.78 is 0. The molecule has 0 aliphatic heterocycles. The summed E-state index contributed by atoms with van der Waals surface area (Å²) >= 11 is 4.81. The van der Waals surface area contributed by atoms with Gasteiger partial charge in [0, 0.05) is 18.3 Å². The zero-order valence-electron chi connectivity index (χ0n) is 10.6. The second kappa shape index (κ2) is 7.03. The van der Waals surface area contributed by atoms with Crippen LogP contribution in [0.4, 0.5) is 0 Å². The number of nitrogens with one attached hydrogen (secondary N) is 1. The van der Waals surface area contributed by atoms with Crippen molar-refractivity contribution in [3.8, 4) is 0 Å². The minimum atomic E-state index is -0.178. The Labute approximate surface area is 112 Å². The molecule has 0 fully saturated rings. The summed E-state index contributed by atoms with van der Waals surface area (Å²) in [5.41, 5.74) is 6.49. The zero-order valence-corrected chi connectivity index (χ0v) is 11.5. The summed E-state index contributed by atoms with van der Waals surface area (Å²) in [5.74, 6) is -0.178. The molecule has 1 aromatic heterocycles. The highest BCUT2D eigenvalue weighted by Crippen LogP contribution is 2.00. The lowest BCUT2D eigenvalue weighted by atomic mass is 10.2. The van der Waals surface area contributed by atoms with Gasteiger partial charge in [-0.15, -0.1) is 0 Å². The Morgan fingerprint density at radius 1 is 1.50 bits per heavy atom. The molecule has 0 spiro atoms. The molecule has 1 amide bonds. The lowest BCUT2D eigenvalue weighted by molar-refractivity contribution is 0.0947. The van der Waals surface area contributed by atoms with Crippen molar-refractivity contribution in [1.29, 1.82) is 0 Å². The highest BCUT2D eigenvalue weighted by Gasteiger charge is 2.06. The first-order valence-corrected chi connectivity index (χ1v) is 6.10. The number of rotatable bonds is 6. The van der Waals surface area contributed by atoms with Crippen LogP contribution in [0.3, 0.4) is 0 Å². The number of nitrogens with two attached hydrogens (primary N) is 1. The molecule has 0 saturated heterocycles. The Morgan fingerprint density at radius 2 is 2.22 bits per heavy atom. The number of amides is 1. The van der Waals surface area contributed by atoms with Gasteiger partial charge in [-0.3, -0.25) is 9.78 Å². The molecule has 1 aromatic rings. The van der Waals surface area contributed by atoms with Crippen molar-refractivity contribution >= 4 is 23.1 Å². The van der Waals surface area contributed by atoms with E-state index in [0.717, 1.165) is 13.0 Å². The molecule has 0 saturated carbocycles. The third-order valence-electron chi connectivity index (χ3n) is 2.35. The van der Waals surface area contributed by atoms with Crippen molar-refractivity contribution in [3.05, 3.63) is 29.6 Å². The van der Waals surface area contributed by atoms with Crippen LogP contribution in [0.5, 0.6) is 0 Å². The van der Waals surface area contributed by atoms with Gasteiger partial charge in [0.05, 0.1) is 0 Å². The maximum absolute atomic E-state index is 11.7. The van der Waals surface area contributed by atoms with Crippen LogP contribution in [0.15, 0.2) is 18.3 Å². The Balaban J connectivity index is 2.44. The van der Waals surface area contributed by atoms with Crippen molar-refractivity contribution in [2.75, 3.05) is 27.2 Å². The van der Waals surface area contributed by atoms with Crippen LogP contribution in [0.2, 0.25) is 0 Å². The molecule has 5 nitrogen and oxygen atoms in total. The van der Waals surface area contributed by atoms with E-state index in [0.29, 0.717) is 17.8 Å². The van der Waals surface area contributed by atoms with Crippen molar-refractivity contribution in [2.45, 2.75) is 6.42 Å². The van der Waals surface area contributed by atoms with Crippen LogP contribution >= 0.6 is 12.2 Å². The third kappa shape index (κ3) is 4.77. The van der Waals surface area contributed by atoms with Gasteiger partial charge < -0.3 is 16.0 Å². The van der Waals surface area contributed by atoms with Crippen molar-refractivity contribution in [1.82, 2.24) is 15.2 Å². The molecule has 98 valence electrons. The first-order chi connectivity index (χ1) is 8.50. The van der Waals surface area contributed by atoms with Gasteiger partial charge in [0.15, 0.2) is 0 Å². The Kier molecular flexibility index (Phi) is 5.67. The summed E-state index contributed by atoms with van der Waals surface area (Å²) in [4.78, 5) is 18.1. The highest BCUT2D eigenvalue weighted by atomic mass is 32.1. The quantitative estimate of drug-likeness (QED) is 0.576. The summed E-state index contributed by atoms with van der Waals surface area (Å²) in [6.45, 7) is 1.57. The molecule has 0 atom stereocenters. The number of aromatic nitrogens is 1. The molecule has 1 heterocycles. The van der Waals surface area contributed by atoms with Crippen LogP contribution in [0.1, 0.15) is 22.5 Å². The monoisotopic (exact) mass is 266 g/mol. The summed E-state index contributed by atoms with van der Waals surface area (Å²) in [6.07, 6.45) is 2.42. The number of pyridine rings is 1. The summed E-state index contributed by atoms with van der Waals surface area (Å²) in [6, 6.07) is 3.32. The second-order valence-electron chi connectivity index (χ2n) is 4.21. The Bertz CT molecular complexity index is 417. The van der Waals surface area contributed by atoms with Gasteiger partial charge in [-0.1, -0.05) is 12.2 Å². The molecule has 0 unspecified atom stereocenters. The van der Waals surface area contributed by atoms with Crippen molar-refractivity contribution in [2.24, 2.45) is 5.73 Å². The topological polar surface area (TPSA) is 71.2 Å². The highest BCUT2D eigenvalue weighted by molar-refractivity contribution is 7.80. The molecule has 0 aromatic carbocycles. The van der Waals surface area contributed by atoms with Crippen LogP contribution in [0, 0.1) is 0 Å². The average Bonchev–Trinajstić information content (AvgIpc) is 2.34. The fraction of sp³-hybridized carbons (Fsp3) is 0.417. The molecule has 0 bridgehead atoms. The Morgan fingerprint density at radius 3 is 2.72 bits per heavy atom. The van der Waals surface area contributed by atoms with Crippen LogP contribution < -0.4 is 11.1 Å². The summed E-state index contributed by atoms with van der Waals surface area (Å²) in [7, 11) is 4.00. The molecule has 6 heteroatoms. The standard InChI is InChI=1S/C12H18N4OS/c1-16(2)7-3-6-14-12(17)10-5-4-9(8-15-10)11(13)18/h4-5,8H,3,6-7H2,1-2H3,(H2,13,18)(H,14,17). The van der Waals surface area contributed by atoms with Gasteiger partial charge >= 0.3 is 0 Å². The van der Waals surface area contributed by atoms with E-state index < -0.39 is 0 Å². The van der Waals surface area contributed by atoms with Gasteiger partial charge in [-0.2, -0.15) is 0 Å². The predicted octanol–water partition coefficient (Wildman–Crippen LogP) is 0.397. The van der Waals surface area contributed by atoms with Gasteiger partial charge in [0.25, 0.3) is 5.91 Å². The first kappa shape index (κ1) is 14.5. The summed E-state index contributed by atoms with van der Waals surface area (Å²) in [5, 5.41) is 2.81. The number of carbonyl (C=O) groups excluding carboxylic acids is 1. The van der Waals surface area contributed by atoms with Gasteiger partial charge in [0.2, 0.25) is 0 Å². The van der Waals surface area contributed by atoms with Crippen LogP contribution in [-0.2, 0) is 0 Å². The van der Waals surface area contributed by atoms with Crippen molar-refractivity contribution < 1.29 is 4.79 Å². The number of hydrogen-bond donors (Lipinski definition) is 2. The molecular weight excluding hydrogens is 248 g/mol. The molecule has 0 aliphatic carbocycles. The lowest BCUT2D eigenvalue weighted by Gasteiger charge is -2.09. The van der Waals surface area contributed by atoms with Gasteiger partial charge in [-0.25, -0.2) is 0 Å². The SMILES string of the molecule is CN(C)CCCNC(=O)c1ccc(C(N)=S)cn1. The van der Waals surface area contributed by atoms with Crippen LogP contribution in [0.25, 0.3) is 0 Å². The first-order valence-electron chi connectivity index (χ1n) is 5.69. The molecular formula is C12H18N4OS. The van der Waals surface area contributed by atoms with Gasteiger partial charge in [0.1, 0.15) is 10.7 Å². The predicted molar refractivity (Wildman–Crippen MR) is 75.6 cm³/mol. The largest absolute Gasteiger partial charge is 0.389 e. The number of hydrogen-bond acceptors (Lipinski definition) is 4. The van der Waals surface area contributed by atoms with E-state index in [1.165, 1.54) is 6.20 Å². The second-order valence-corrected chi connectivity index (χ2v) is 4.65. The zero-order chi connectivity index (χ0) is 13.5. The molecule has 1 rings (SSSR count). The van der Waals surface area contributed by atoms with E-state index in [1.807, 2.05) is 14.1 Å². The molecule has 0 radical (unpaired) electrons. The van der Waals surface area contributed by atoms with E-state index in [9.17, 15) is 4.79 Å². The average molecular weight is 266 g/mol. The third-order valence-corrected chi connectivity index (χ3v) is 2.58. The fourth-order valence-electron chi connectivity index (χ4n) is 1.36. The van der Waals surface area contributed by atoms with E-state index in [2.05, 4.69) is 15.2 Å².